The van der Waals surface area contributed by atoms with E-state index in [1.165, 1.54) is 12.1 Å². The molecule has 0 aliphatic heterocycles. The Morgan fingerprint density at radius 3 is 2.32 bits per heavy atom. The monoisotopic (exact) mass is 297 g/mol. The second-order valence-corrected chi connectivity index (χ2v) is 5.85. The van der Waals surface area contributed by atoms with Crippen LogP contribution in [0.25, 0.3) is 0 Å². The van der Waals surface area contributed by atoms with Crippen molar-refractivity contribution in [2.75, 3.05) is 5.73 Å². The number of nitrogens with two attached hydrogens (primary N) is 1. The summed E-state index contributed by atoms with van der Waals surface area (Å²) in [7, 11) is -4.33. The summed E-state index contributed by atoms with van der Waals surface area (Å²) in [6, 6.07) is 11.8. The van der Waals surface area contributed by atoms with Crippen LogP contribution >= 0.6 is 11.6 Å². The lowest BCUT2D eigenvalue weighted by Gasteiger charge is -2.11. The Morgan fingerprint density at radius 1 is 1.11 bits per heavy atom. The molecule has 6 heteroatoms. The van der Waals surface area contributed by atoms with E-state index in [0.717, 1.165) is 5.56 Å². The zero-order valence-electron chi connectivity index (χ0n) is 9.88. The Balaban J connectivity index is 2.58. The largest absolute Gasteiger partial charge is 0.398 e. The Hall–Kier alpha value is -1.56. The summed E-state index contributed by atoms with van der Waals surface area (Å²) >= 11 is 6.05. The smallest absolute Gasteiger partial charge is 0.294 e. The molecule has 0 amide bonds. The number of halogens is 1. The Labute approximate surface area is 116 Å². The molecule has 4 nitrogen and oxygen atoms in total. The van der Waals surface area contributed by atoms with Gasteiger partial charge in [0.15, 0.2) is 0 Å². The van der Waals surface area contributed by atoms with Crippen LogP contribution in [-0.2, 0) is 16.5 Å². The van der Waals surface area contributed by atoms with Crippen molar-refractivity contribution in [3.05, 3.63) is 58.6 Å². The van der Waals surface area contributed by atoms with Crippen LogP contribution in [0.5, 0.6) is 0 Å². The van der Waals surface area contributed by atoms with Gasteiger partial charge in [0.2, 0.25) is 0 Å². The van der Waals surface area contributed by atoms with Gasteiger partial charge in [-0.05, 0) is 23.3 Å². The average molecular weight is 298 g/mol. The third-order valence-electron chi connectivity index (χ3n) is 2.73. The van der Waals surface area contributed by atoms with Crippen LogP contribution in [0.1, 0.15) is 11.1 Å². The summed E-state index contributed by atoms with van der Waals surface area (Å²) in [5.41, 5.74) is 7.13. The minimum absolute atomic E-state index is 0.152. The molecule has 2 rings (SSSR count). The van der Waals surface area contributed by atoms with Gasteiger partial charge in [0.05, 0.1) is 15.6 Å². The van der Waals surface area contributed by atoms with E-state index in [-0.39, 0.29) is 22.0 Å². The van der Waals surface area contributed by atoms with Crippen LogP contribution in [0, 0.1) is 0 Å². The maximum atomic E-state index is 11.4. The van der Waals surface area contributed by atoms with Gasteiger partial charge in [-0.25, -0.2) is 0 Å². The number of hydrogen-bond donors (Lipinski definition) is 2. The van der Waals surface area contributed by atoms with Crippen LogP contribution in [0.3, 0.4) is 0 Å². The van der Waals surface area contributed by atoms with Crippen molar-refractivity contribution in [2.45, 2.75) is 11.3 Å². The Kier molecular flexibility index (Phi) is 3.80. The van der Waals surface area contributed by atoms with Gasteiger partial charge in [0.25, 0.3) is 10.1 Å². The molecular weight excluding hydrogens is 286 g/mol. The van der Waals surface area contributed by atoms with Crippen molar-refractivity contribution >= 4 is 27.4 Å². The molecule has 0 saturated carbocycles. The summed E-state index contributed by atoms with van der Waals surface area (Å²) in [6.07, 6.45) is 0.278. The maximum Gasteiger partial charge on any atom is 0.294 e. The molecular formula is C13H12ClNO3S. The normalized spacial score (nSPS) is 11.5. The van der Waals surface area contributed by atoms with E-state index in [1.54, 1.807) is 0 Å². The molecule has 0 heterocycles. The summed E-state index contributed by atoms with van der Waals surface area (Å²) in [5.74, 6) is 0. The topological polar surface area (TPSA) is 80.4 Å². The molecule has 2 aromatic rings. The highest BCUT2D eigenvalue weighted by Crippen LogP contribution is 2.31. The molecule has 0 aliphatic carbocycles. The first kappa shape index (κ1) is 13.9. The van der Waals surface area contributed by atoms with E-state index in [9.17, 15) is 13.0 Å². The maximum absolute atomic E-state index is 11.4. The Bertz CT molecular complexity index is 699. The number of anilines is 1. The minimum atomic E-state index is -4.33. The lowest BCUT2D eigenvalue weighted by molar-refractivity contribution is 0.482. The highest BCUT2D eigenvalue weighted by molar-refractivity contribution is 7.85. The van der Waals surface area contributed by atoms with E-state index in [0.29, 0.717) is 5.56 Å². The van der Waals surface area contributed by atoms with Crippen molar-refractivity contribution < 1.29 is 13.0 Å². The zero-order valence-corrected chi connectivity index (χ0v) is 11.4. The molecule has 0 bridgehead atoms. The molecule has 0 aliphatic rings. The fourth-order valence-electron chi connectivity index (χ4n) is 1.83. The number of benzene rings is 2. The van der Waals surface area contributed by atoms with E-state index in [2.05, 4.69) is 0 Å². The van der Waals surface area contributed by atoms with E-state index < -0.39 is 10.1 Å². The van der Waals surface area contributed by atoms with Gasteiger partial charge >= 0.3 is 0 Å². The van der Waals surface area contributed by atoms with Crippen molar-refractivity contribution in [1.82, 2.24) is 0 Å². The Morgan fingerprint density at radius 2 is 1.74 bits per heavy atom. The van der Waals surface area contributed by atoms with Gasteiger partial charge < -0.3 is 5.73 Å². The third kappa shape index (κ3) is 3.07. The number of hydrogen-bond acceptors (Lipinski definition) is 3. The second kappa shape index (κ2) is 5.21. The van der Waals surface area contributed by atoms with Gasteiger partial charge in [-0.1, -0.05) is 41.9 Å². The first-order valence-electron chi connectivity index (χ1n) is 5.48. The molecule has 0 fully saturated rings. The first-order valence-corrected chi connectivity index (χ1v) is 7.29. The molecule has 0 aromatic heterocycles. The molecule has 0 saturated heterocycles. The summed E-state index contributed by atoms with van der Waals surface area (Å²) in [4.78, 5) is -0.212. The summed E-state index contributed by atoms with van der Waals surface area (Å²) < 4.78 is 32.0. The predicted octanol–water partition coefficient (Wildman–Crippen LogP) is 2.76. The molecule has 2 aromatic carbocycles. The second-order valence-electron chi connectivity index (χ2n) is 4.08. The standard InChI is InChI=1S/C13H12ClNO3S/c14-13-10(8-9-4-2-1-3-5-9)12(19(16,17)18)7-6-11(13)15/h1-7H,8,15H2,(H,16,17,18). The van der Waals surface area contributed by atoms with E-state index >= 15 is 0 Å². The van der Waals surface area contributed by atoms with E-state index in [4.69, 9.17) is 17.3 Å². The molecule has 0 unspecified atom stereocenters. The highest BCUT2D eigenvalue weighted by Gasteiger charge is 2.19. The molecule has 0 atom stereocenters. The lowest BCUT2D eigenvalue weighted by Crippen LogP contribution is -2.06. The molecule has 100 valence electrons. The predicted molar refractivity (Wildman–Crippen MR) is 74.9 cm³/mol. The van der Waals surface area contributed by atoms with Crippen molar-refractivity contribution in [2.24, 2.45) is 0 Å². The van der Waals surface area contributed by atoms with Gasteiger partial charge in [0.1, 0.15) is 0 Å². The van der Waals surface area contributed by atoms with Crippen molar-refractivity contribution in [1.29, 1.82) is 0 Å². The van der Waals surface area contributed by atoms with Gasteiger partial charge in [0, 0.05) is 6.42 Å². The van der Waals surface area contributed by atoms with Gasteiger partial charge in [-0.3, -0.25) is 4.55 Å². The minimum Gasteiger partial charge on any atom is -0.398 e. The van der Waals surface area contributed by atoms with Crippen LogP contribution in [0.4, 0.5) is 5.69 Å². The molecule has 19 heavy (non-hydrogen) atoms. The van der Waals surface area contributed by atoms with Crippen LogP contribution in [0.2, 0.25) is 5.02 Å². The summed E-state index contributed by atoms with van der Waals surface area (Å²) in [5, 5.41) is 0.152. The summed E-state index contributed by atoms with van der Waals surface area (Å²) in [6.45, 7) is 0. The lowest BCUT2D eigenvalue weighted by atomic mass is 10.0. The zero-order chi connectivity index (χ0) is 14.0. The number of rotatable bonds is 3. The fraction of sp³-hybridized carbons (Fsp3) is 0.0769. The van der Waals surface area contributed by atoms with Gasteiger partial charge in [-0.15, -0.1) is 0 Å². The van der Waals surface area contributed by atoms with Crippen LogP contribution < -0.4 is 5.73 Å². The van der Waals surface area contributed by atoms with Gasteiger partial charge in [-0.2, -0.15) is 8.42 Å². The molecule has 3 N–H and O–H groups in total. The van der Waals surface area contributed by atoms with Crippen molar-refractivity contribution in [3.8, 4) is 0 Å². The van der Waals surface area contributed by atoms with Crippen LogP contribution in [-0.4, -0.2) is 13.0 Å². The number of nitrogen functional groups attached to an aromatic ring is 1. The van der Waals surface area contributed by atoms with Crippen molar-refractivity contribution in [3.63, 3.8) is 0 Å². The van der Waals surface area contributed by atoms with E-state index in [1.807, 2.05) is 30.3 Å². The SMILES string of the molecule is Nc1ccc(S(=O)(=O)O)c(Cc2ccccc2)c1Cl. The average Bonchev–Trinajstić information content (AvgIpc) is 2.35. The first-order chi connectivity index (χ1) is 8.89. The third-order valence-corrected chi connectivity index (χ3v) is 4.12. The molecule has 0 radical (unpaired) electrons. The highest BCUT2D eigenvalue weighted by atomic mass is 35.5. The fourth-order valence-corrected chi connectivity index (χ4v) is 2.84. The van der Waals surface area contributed by atoms with Crippen LogP contribution in [0.15, 0.2) is 47.4 Å². The quantitative estimate of drug-likeness (QED) is 0.674. The molecule has 0 spiro atoms.